The molecule has 2 nitrogen and oxygen atoms in total. The van der Waals surface area contributed by atoms with E-state index in [0.717, 1.165) is 23.3 Å². The molecule has 1 heterocycles. The second-order valence-corrected chi connectivity index (χ2v) is 3.56. The normalized spacial score (nSPS) is 10.2. The number of nitrogens with one attached hydrogen (secondary N) is 1. The summed E-state index contributed by atoms with van der Waals surface area (Å²) in [6.07, 6.45) is 1.85. The molecule has 1 aromatic heterocycles. The first-order chi connectivity index (χ1) is 5.74. The van der Waals surface area contributed by atoms with Gasteiger partial charge in [-0.3, -0.25) is 4.98 Å². The maximum atomic E-state index is 4.27. The first-order valence-electron chi connectivity index (χ1n) is 4.05. The van der Waals surface area contributed by atoms with E-state index in [1.807, 2.05) is 6.20 Å². The predicted molar refractivity (Wildman–Crippen MR) is 54.1 cm³/mol. The lowest BCUT2D eigenvalue weighted by molar-refractivity contribution is 0.709. The van der Waals surface area contributed by atoms with E-state index in [4.69, 9.17) is 0 Å². The molecule has 0 aliphatic rings. The van der Waals surface area contributed by atoms with Crippen molar-refractivity contribution in [1.82, 2.24) is 10.3 Å². The largest absolute Gasteiger partial charge is 0.311 e. The molecule has 1 N–H and O–H groups in total. The van der Waals surface area contributed by atoms with Gasteiger partial charge in [0.25, 0.3) is 0 Å². The molecule has 0 aliphatic carbocycles. The minimum atomic E-state index is 0.852. The van der Waals surface area contributed by atoms with Gasteiger partial charge < -0.3 is 5.32 Å². The zero-order valence-corrected chi connectivity index (χ0v) is 8.98. The highest BCUT2D eigenvalue weighted by molar-refractivity contribution is 9.10. The van der Waals surface area contributed by atoms with E-state index in [2.05, 4.69) is 46.1 Å². The van der Waals surface area contributed by atoms with E-state index in [-0.39, 0.29) is 0 Å². The molecule has 0 saturated heterocycles. The molecule has 0 fully saturated rings. The topological polar surface area (TPSA) is 24.9 Å². The third-order valence-corrected chi connectivity index (χ3v) is 2.49. The highest BCUT2D eigenvalue weighted by Gasteiger charge is 1.97. The van der Waals surface area contributed by atoms with Crippen molar-refractivity contribution in [2.24, 2.45) is 0 Å². The van der Waals surface area contributed by atoms with E-state index >= 15 is 0 Å². The van der Waals surface area contributed by atoms with E-state index in [0.29, 0.717) is 0 Å². The SMILES string of the molecule is CCNCc1cc(C)c(Br)cn1. The van der Waals surface area contributed by atoms with Crippen LogP contribution in [0.5, 0.6) is 0 Å². The third-order valence-electron chi connectivity index (χ3n) is 1.66. The molecule has 0 atom stereocenters. The summed E-state index contributed by atoms with van der Waals surface area (Å²) >= 11 is 3.41. The summed E-state index contributed by atoms with van der Waals surface area (Å²) in [6.45, 7) is 5.99. The van der Waals surface area contributed by atoms with Gasteiger partial charge in [0.1, 0.15) is 0 Å². The van der Waals surface area contributed by atoms with Crippen LogP contribution in [0.15, 0.2) is 16.7 Å². The molecule has 1 rings (SSSR count). The van der Waals surface area contributed by atoms with Crippen LogP contribution in [0.4, 0.5) is 0 Å². The smallest absolute Gasteiger partial charge is 0.0545 e. The van der Waals surface area contributed by atoms with Gasteiger partial charge in [-0.2, -0.15) is 0 Å². The molecule has 0 amide bonds. The highest BCUT2D eigenvalue weighted by atomic mass is 79.9. The number of hydrogen-bond donors (Lipinski definition) is 1. The molecule has 66 valence electrons. The van der Waals surface area contributed by atoms with Crippen molar-refractivity contribution < 1.29 is 0 Å². The number of halogens is 1. The number of pyridine rings is 1. The Balaban J connectivity index is 2.69. The maximum absolute atomic E-state index is 4.27. The minimum absolute atomic E-state index is 0.852. The summed E-state index contributed by atoms with van der Waals surface area (Å²) in [5.74, 6) is 0. The van der Waals surface area contributed by atoms with Gasteiger partial charge >= 0.3 is 0 Å². The summed E-state index contributed by atoms with van der Waals surface area (Å²) in [7, 11) is 0. The van der Waals surface area contributed by atoms with Gasteiger partial charge in [-0.15, -0.1) is 0 Å². The molecule has 0 radical (unpaired) electrons. The number of nitrogens with zero attached hydrogens (tertiary/aromatic N) is 1. The van der Waals surface area contributed by atoms with E-state index < -0.39 is 0 Å². The number of hydrogen-bond acceptors (Lipinski definition) is 2. The first kappa shape index (κ1) is 9.68. The molecule has 3 heteroatoms. The lowest BCUT2D eigenvalue weighted by Gasteiger charge is -2.03. The Hall–Kier alpha value is -0.410. The summed E-state index contributed by atoms with van der Waals surface area (Å²) in [4.78, 5) is 4.27. The van der Waals surface area contributed by atoms with Gasteiger partial charge in [-0.05, 0) is 41.0 Å². The predicted octanol–water partition coefficient (Wildman–Crippen LogP) is 2.26. The molecule has 0 aliphatic heterocycles. The molecule has 1 aromatic rings. The van der Waals surface area contributed by atoms with Gasteiger partial charge in [0.15, 0.2) is 0 Å². The average Bonchev–Trinajstić information content (AvgIpc) is 2.07. The standard InChI is InChI=1S/C9H13BrN2/c1-3-11-5-8-4-7(2)9(10)6-12-8/h4,6,11H,3,5H2,1-2H3. The van der Waals surface area contributed by atoms with Crippen LogP contribution in [-0.2, 0) is 6.54 Å². The van der Waals surface area contributed by atoms with Crippen LogP contribution in [0.2, 0.25) is 0 Å². The van der Waals surface area contributed by atoms with Crippen LogP contribution in [0, 0.1) is 6.92 Å². The van der Waals surface area contributed by atoms with Crippen LogP contribution in [0.1, 0.15) is 18.2 Å². The fourth-order valence-electron chi connectivity index (χ4n) is 0.947. The van der Waals surface area contributed by atoms with E-state index in [9.17, 15) is 0 Å². The van der Waals surface area contributed by atoms with Crippen LogP contribution < -0.4 is 5.32 Å². The van der Waals surface area contributed by atoms with Crippen molar-refractivity contribution in [1.29, 1.82) is 0 Å². The van der Waals surface area contributed by atoms with Crippen molar-refractivity contribution in [2.75, 3.05) is 6.54 Å². The first-order valence-corrected chi connectivity index (χ1v) is 4.85. The van der Waals surface area contributed by atoms with Crippen LogP contribution in [0.3, 0.4) is 0 Å². The number of aromatic nitrogens is 1. The Morgan fingerprint density at radius 2 is 2.33 bits per heavy atom. The van der Waals surface area contributed by atoms with Gasteiger partial charge in [-0.1, -0.05) is 6.92 Å². The van der Waals surface area contributed by atoms with Crippen LogP contribution >= 0.6 is 15.9 Å². The second-order valence-electron chi connectivity index (χ2n) is 2.71. The Kier molecular flexibility index (Phi) is 3.69. The number of aryl methyl sites for hydroxylation is 1. The Morgan fingerprint density at radius 1 is 1.58 bits per heavy atom. The summed E-state index contributed by atoms with van der Waals surface area (Å²) < 4.78 is 1.07. The maximum Gasteiger partial charge on any atom is 0.0545 e. The van der Waals surface area contributed by atoms with Crippen molar-refractivity contribution in [3.05, 3.63) is 28.0 Å². The molecule has 12 heavy (non-hydrogen) atoms. The summed E-state index contributed by atoms with van der Waals surface area (Å²) in [5, 5.41) is 3.23. The van der Waals surface area contributed by atoms with Crippen LogP contribution in [-0.4, -0.2) is 11.5 Å². The zero-order chi connectivity index (χ0) is 8.97. The molecule has 0 saturated carbocycles. The van der Waals surface area contributed by atoms with Crippen LogP contribution in [0.25, 0.3) is 0 Å². The molecule has 0 aromatic carbocycles. The van der Waals surface area contributed by atoms with Crippen molar-refractivity contribution in [3.8, 4) is 0 Å². The van der Waals surface area contributed by atoms with E-state index in [1.165, 1.54) is 5.56 Å². The molecular weight excluding hydrogens is 216 g/mol. The highest BCUT2D eigenvalue weighted by Crippen LogP contribution is 2.14. The lowest BCUT2D eigenvalue weighted by atomic mass is 10.2. The van der Waals surface area contributed by atoms with Crippen molar-refractivity contribution in [3.63, 3.8) is 0 Å². The quantitative estimate of drug-likeness (QED) is 0.859. The Bertz CT molecular complexity index is 261. The van der Waals surface area contributed by atoms with Gasteiger partial charge in [0.05, 0.1) is 5.69 Å². The molecule has 0 bridgehead atoms. The fourth-order valence-corrected chi connectivity index (χ4v) is 1.16. The van der Waals surface area contributed by atoms with Gasteiger partial charge in [0.2, 0.25) is 0 Å². The molecular formula is C9H13BrN2. The monoisotopic (exact) mass is 228 g/mol. The summed E-state index contributed by atoms with van der Waals surface area (Å²) in [5.41, 5.74) is 2.33. The van der Waals surface area contributed by atoms with Gasteiger partial charge in [0, 0.05) is 17.2 Å². The average molecular weight is 229 g/mol. The fraction of sp³-hybridized carbons (Fsp3) is 0.444. The van der Waals surface area contributed by atoms with Gasteiger partial charge in [-0.25, -0.2) is 0 Å². The molecule has 0 unspecified atom stereocenters. The second kappa shape index (κ2) is 4.58. The Labute approximate surface area is 81.5 Å². The zero-order valence-electron chi connectivity index (χ0n) is 7.39. The van der Waals surface area contributed by atoms with E-state index in [1.54, 1.807) is 0 Å². The lowest BCUT2D eigenvalue weighted by Crippen LogP contribution is -2.12. The minimum Gasteiger partial charge on any atom is -0.311 e. The summed E-state index contributed by atoms with van der Waals surface area (Å²) in [6, 6.07) is 2.09. The third kappa shape index (κ3) is 2.57. The Morgan fingerprint density at radius 3 is 2.92 bits per heavy atom. The molecule has 0 spiro atoms. The van der Waals surface area contributed by atoms with Crippen molar-refractivity contribution in [2.45, 2.75) is 20.4 Å². The van der Waals surface area contributed by atoms with Crippen molar-refractivity contribution >= 4 is 15.9 Å². The number of rotatable bonds is 3.